The van der Waals surface area contributed by atoms with Crippen molar-refractivity contribution in [3.05, 3.63) is 42.0 Å². The quantitative estimate of drug-likeness (QED) is 0.821. The first-order valence-corrected chi connectivity index (χ1v) is 4.86. The summed E-state index contributed by atoms with van der Waals surface area (Å²) in [7, 11) is 0. The van der Waals surface area contributed by atoms with E-state index in [4.69, 9.17) is 0 Å². The maximum Gasteiger partial charge on any atom is 0.313 e. The van der Waals surface area contributed by atoms with E-state index in [9.17, 15) is 9.90 Å². The van der Waals surface area contributed by atoms with E-state index >= 15 is 0 Å². The van der Waals surface area contributed by atoms with Gasteiger partial charge in [-0.25, -0.2) is 0 Å². The number of carbonyl (C=O) groups is 1. The molecule has 15 heavy (non-hydrogen) atoms. The van der Waals surface area contributed by atoms with Gasteiger partial charge in [-0.1, -0.05) is 36.4 Å². The van der Waals surface area contributed by atoms with Gasteiger partial charge in [0.25, 0.3) is 0 Å². The zero-order valence-corrected chi connectivity index (χ0v) is 9.37. The van der Waals surface area contributed by atoms with Crippen LogP contribution in [-0.4, -0.2) is 11.1 Å². The Labute approximate surface area is 90.3 Å². The summed E-state index contributed by atoms with van der Waals surface area (Å²) in [5, 5.41) is 9.17. The monoisotopic (exact) mass is 204 g/mol. The largest absolute Gasteiger partial charge is 0.481 e. The van der Waals surface area contributed by atoms with Crippen LogP contribution in [0.25, 0.3) is 5.57 Å². The minimum atomic E-state index is -0.879. The highest BCUT2D eigenvalue weighted by Gasteiger charge is 2.31. The predicted molar refractivity (Wildman–Crippen MR) is 61.8 cm³/mol. The van der Waals surface area contributed by atoms with Crippen LogP contribution in [0.3, 0.4) is 0 Å². The number of allylic oxidation sites excluding steroid dienone is 1. The Morgan fingerprint density at radius 2 is 1.87 bits per heavy atom. The molecule has 1 rings (SSSR count). The van der Waals surface area contributed by atoms with E-state index in [0.29, 0.717) is 0 Å². The van der Waals surface area contributed by atoms with Gasteiger partial charge in [0.05, 0.1) is 5.41 Å². The summed E-state index contributed by atoms with van der Waals surface area (Å²) >= 11 is 0. The molecule has 80 valence electrons. The van der Waals surface area contributed by atoms with E-state index in [1.54, 1.807) is 13.8 Å². The molecule has 0 radical (unpaired) electrons. The molecule has 1 aromatic rings. The third-order valence-electron chi connectivity index (χ3n) is 2.59. The second-order valence-electron chi connectivity index (χ2n) is 4.26. The predicted octanol–water partition coefficient (Wildman–Crippen LogP) is 3.08. The number of benzene rings is 1. The second-order valence-corrected chi connectivity index (χ2v) is 4.26. The van der Waals surface area contributed by atoms with Gasteiger partial charge in [0.15, 0.2) is 0 Å². The van der Waals surface area contributed by atoms with E-state index in [2.05, 4.69) is 6.58 Å². The van der Waals surface area contributed by atoms with Gasteiger partial charge >= 0.3 is 5.97 Å². The molecule has 0 aromatic heterocycles. The number of hydrogen-bond donors (Lipinski definition) is 1. The molecule has 2 nitrogen and oxygen atoms in total. The lowest BCUT2D eigenvalue weighted by molar-refractivity contribution is -0.142. The van der Waals surface area contributed by atoms with Crippen molar-refractivity contribution < 1.29 is 9.90 Å². The molecule has 0 unspecified atom stereocenters. The van der Waals surface area contributed by atoms with Gasteiger partial charge in [-0.2, -0.15) is 0 Å². The zero-order valence-electron chi connectivity index (χ0n) is 9.37. The number of carboxylic acids is 1. The Balaban J connectivity index is 3.37. The molecule has 0 heterocycles. The minimum absolute atomic E-state index is 0.810. The topological polar surface area (TPSA) is 37.3 Å². The Morgan fingerprint density at radius 3 is 2.33 bits per heavy atom. The molecular weight excluding hydrogens is 188 g/mol. The first-order chi connectivity index (χ1) is 6.87. The normalized spacial score (nSPS) is 11.1. The molecule has 0 saturated carbocycles. The van der Waals surface area contributed by atoms with Crippen molar-refractivity contribution in [1.82, 2.24) is 0 Å². The third-order valence-corrected chi connectivity index (χ3v) is 2.59. The van der Waals surface area contributed by atoms with E-state index in [-0.39, 0.29) is 0 Å². The molecule has 0 fully saturated rings. The van der Waals surface area contributed by atoms with Crippen LogP contribution < -0.4 is 0 Å². The van der Waals surface area contributed by atoms with Crippen LogP contribution in [0, 0.1) is 0 Å². The fourth-order valence-electron chi connectivity index (χ4n) is 1.52. The lowest BCUT2D eigenvalue weighted by Gasteiger charge is -2.23. The summed E-state index contributed by atoms with van der Waals surface area (Å²) in [6.07, 6.45) is 0. The van der Waals surface area contributed by atoms with Crippen LogP contribution in [0.2, 0.25) is 0 Å². The molecule has 0 aliphatic rings. The third kappa shape index (κ3) is 2.09. The van der Waals surface area contributed by atoms with Crippen molar-refractivity contribution in [3.8, 4) is 0 Å². The van der Waals surface area contributed by atoms with E-state index in [0.717, 1.165) is 16.7 Å². The minimum Gasteiger partial charge on any atom is -0.481 e. The van der Waals surface area contributed by atoms with Gasteiger partial charge in [0.1, 0.15) is 0 Å². The lowest BCUT2D eigenvalue weighted by atomic mass is 9.80. The summed E-state index contributed by atoms with van der Waals surface area (Å²) < 4.78 is 0. The molecule has 0 bridgehead atoms. The maximum atomic E-state index is 11.2. The highest BCUT2D eigenvalue weighted by atomic mass is 16.4. The Kier molecular flexibility index (Phi) is 2.98. The van der Waals surface area contributed by atoms with E-state index < -0.39 is 11.4 Å². The van der Waals surface area contributed by atoms with Gasteiger partial charge < -0.3 is 5.11 Å². The molecule has 0 aliphatic heterocycles. The van der Waals surface area contributed by atoms with Crippen molar-refractivity contribution in [3.63, 3.8) is 0 Å². The van der Waals surface area contributed by atoms with Crippen LogP contribution >= 0.6 is 0 Å². The number of hydrogen-bond acceptors (Lipinski definition) is 1. The number of aliphatic carboxylic acids is 1. The van der Waals surface area contributed by atoms with Crippen molar-refractivity contribution in [1.29, 1.82) is 0 Å². The molecule has 1 aromatic carbocycles. The first-order valence-electron chi connectivity index (χ1n) is 4.86. The molecule has 2 heteroatoms. The van der Waals surface area contributed by atoms with Crippen molar-refractivity contribution in [2.75, 3.05) is 0 Å². The fourth-order valence-corrected chi connectivity index (χ4v) is 1.52. The van der Waals surface area contributed by atoms with Crippen LogP contribution in [0.1, 0.15) is 31.9 Å². The first kappa shape index (κ1) is 11.5. The van der Waals surface area contributed by atoms with Gasteiger partial charge in [0.2, 0.25) is 0 Å². The van der Waals surface area contributed by atoms with Crippen LogP contribution in [-0.2, 0) is 10.2 Å². The van der Waals surface area contributed by atoms with Crippen LogP contribution in [0.5, 0.6) is 0 Å². The highest BCUT2D eigenvalue weighted by Crippen LogP contribution is 2.29. The van der Waals surface area contributed by atoms with Crippen molar-refractivity contribution >= 4 is 11.5 Å². The van der Waals surface area contributed by atoms with E-state index in [1.165, 1.54) is 0 Å². The lowest BCUT2D eigenvalue weighted by Crippen LogP contribution is -2.29. The standard InChI is InChI=1S/C13H16O2/c1-9(2)10-7-5-6-8-11(10)13(3,4)12(14)15/h5-8H,1H2,2-4H3,(H,14,15). The summed E-state index contributed by atoms with van der Waals surface area (Å²) in [6.45, 7) is 9.16. The number of carboxylic acid groups (broad SMARTS) is 1. The maximum absolute atomic E-state index is 11.2. The molecule has 0 saturated heterocycles. The Morgan fingerprint density at radius 1 is 1.33 bits per heavy atom. The molecule has 0 amide bonds. The fraction of sp³-hybridized carbons (Fsp3) is 0.308. The molecule has 0 spiro atoms. The van der Waals surface area contributed by atoms with Gasteiger partial charge in [-0.15, -0.1) is 0 Å². The van der Waals surface area contributed by atoms with Crippen LogP contribution in [0.15, 0.2) is 30.8 Å². The van der Waals surface area contributed by atoms with E-state index in [1.807, 2.05) is 31.2 Å². The Hall–Kier alpha value is -1.57. The average Bonchev–Trinajstić information content (AvgIpc) is 2.17. The Bertz CT molecular complexity index is 403. The van der Waals surface area contributed by atoms with Gasteiger partial charge in [0, 0.05) is 0 Å². The summed E-state index contributed by atoms with van der Waals surface area (Å²) in [4.78, 5) is 11.2. The van der Waals surface area contributed by atoms with Gasteiger partial charge in [-0.3, -0.25) is 4.79 Å². The second kappa shape index (κ2) is 3.89. The molecule has 1 N–H and O–H groups in total. The molecular formula is C13H16O2. The van der Waals surface area contributed by atoms with Crippen molar-refractivity contribution in [2.45, 2.75) is 26.2 Å². The summed E-state index contributed by atoms with van der Waals surface area (Å²) in [5.41, 5.74) is 1.74. The number of rotatable bonds is 3. The smallest absolute Gasteiger partial charge is 0.313 e. The van der Waals surface area contributed by atoms with Gasteiger partial charge in [-0.05, 0) is 31.9 Å². The summed E-state index contributed by atoms with van der Waals surface area (Å²) in [6, 6.07) is 7.50. The zero-order chi connectivity index (χ0) is 11.6. The SMILES string of the molecule is C=C(C)c1ccccc1C(C)(C)C(=O)O. The molecule has 0 aliphatic carbocycles. The highest BCUT2D eigenvalue weighted by molar-refractivity contribution is 5.83. The van der Waals surface area contributed by atoms with Crippen molar-refractivity contribution in [2.24, 2.45) is 0 Å². The summed E-state index contributed by atoms with van der Waals surface area (Å²) in [5.74, 6) is -0.823. The molecule has 0 atom stereocenters. The average molecular weight is 204 g/mol. The van der Waals surface area contributed by atoms with Crippen LogP contribution in [0.4, 0.5) is 0 Å².